The standard InChI is InChI=1S/C18H18N2O7/c1-11(27-18(22)12-5-4-6-14(9-12)25-2)17(21)19-15-10-13(20(23)24)7-8-16(15)26-3/h4-11H,1-3H3,(H,19,21). The Morgan fingerprint density at radius 3 is 2.48 bits per heavy atom. The van der Waals surface area contributed by atoms with Crippen LogP contribution < -0.4 is 14.8 Å². The molecule has 0 saturated heterocycles. The van der Waals surface area contributed by atoms with E-state index in [9.17, 15) is 19.7 Å². The number of nitro groups is 1. The fourth-order valence-electron chi connectivity index (χ4n) is 2.17. The molecule has 0 aliphatic carbocycles. The third-order valence-corrected chi connectivity index (χ3v) is 3.61. The van der Waals surface area contributed by atoms with Gasteiger partial charge in [-0.05, 0) is 31.2 Å². The van der Waals surface area contributed by atoms with Crippen LogP contribution in [0.1, 0.15) is 17.3 Å². The van der Waals surface area contributed by atoms with Crippen molar-refractivity contribution in [2.45, 2.75) is 13.0 Å². The molecule has 2 aromatic carbocycles. The Hall–Kier alpha value is -3.62. The predicted molar refractivity (Wildman–Crippen MR) is 96.1 cm³/mol. The summed E-state index contributed by atoms with van der Waals surface area (Å²) < 4.78 is 15.3. The first-order chi connectivity index (χ1) is 12.8. The van der Waals surface area contributed by atoms with Gasteiger partial charge < -0.3 is 19.5 Å². The van der Waals surface area contributed by atoms with Crippen molar-refractivity contribution in [3.8, 4) is 11.5 Å². The molecular formula is C18H18N2O7. The van der Waals surface area contributed by atoms with Gasteiger partial charge in [-0.15, -0.1) is 0 Å². The normalized spacial score (nSPS) is 11.2. The molecule has 1 atom stereocenters. The smallest absolute Gasteiger partial charge is 0.339 e. The topological polar surface area (TPSA) is 117 Å². The molecule has 1 amide bonds. The van der Waals surface area contributed by atoms with E-state index in [2.05, 4.69) is 5.32 Å². The molecule has 0 aromatic heterocycles. The summed E-state index contributed by atoms with van der Waals surface area (Å²) in [5.41, 5.74) is 0.107. The van der Waals surface area contributed by atoms with E-state index in [1.807, 2.05) is 0 Å². The SMILES string of the molecule is COc1cccc(C(=O)OC(C)C(=O)Nc2cc([N+](=O)[O-])ccc2OC)c1. The number of anilines is 1. The van der Waals surface area contributed by atoms with Crippen molar-refractivity contribution in [3.63, 3.8) is 0 Å². The van der Waals surface area contributed by atoms with E-state index >= 15 is 0 Å². The largest absolute Gasteiger partial charge is 0.497 e. The number of rotatable bonds is 7. The molecular weight excluding hydrogens is 356 g/mol. The van der Waals surface area contributed by atoms with Gasteiger partial charge in [0.25, 0.3) is 11.6 Å². The lowest BCUT2D eigenvalue weighted by Crippen LogP contribution is -2.30. The number of methoxy groups -OCH3 is 2. The zero-order valence-corrected chi connectivity index (χ0v) is 14.9. The van der Waals surface area contributed by atoms with E-state index in [4.69, 9.17) is 14.2 Å². The van der Waals surface area contributed by atoms with Gasteiger partial charge in [0.15, 0.2) is 6.10 Å². The number of benzene rings is 2. The van der Waals surface area contributed by atoms with Gasteiger partial charge in [0.05, 0.1) is 30.4 Å². The number of nitro benzene ring substituents is 1. The minimum Gasteiger partial charge on any atom is -0.497 e. The molecule has 9 nitrogen and oxygen atoms in total. The van der Waals surface area contributed by atoms with Gasteiger partial charge in [0.2, 0.25) is 0 Å². The highest BCUT2D eigenvalue weighted by Gasteiger charge is 2.21. The maximum atomic E-state index is 12.3. The van der Waals surface area contributed by atoms with Crippen LogP contribution in [0.25, 0.3) is 0 Å². The summed E-state index contributed by atoms with van der Waals surface area (Å²) in [6.45, 7) is 1.39. The van der Waals surface area contributed by atoms with Gasteiger partial charge in [-0.25, -0.2) is 4.79 Å². The van der Waals surface area contributed by atoms with Gasteiger partial charge in [0, 0.05) is 12.1 Å². The van der Waals surface area contributed by atoms with Crippen LogP contribution in [0, 0.1) is 10.1 Å². The second-order valence-corrected chi connectivity index (χ2v) is 5.41. The number of esters is 1. The van der Waals surface area contributed by atoms with E-state index in [1.165, 1.54) is 45.4 Å². The van der Waals surface area contributed by atoms with Crippen molar-refractivity contribution in [1.82, 2.24) is 0 Å². The van der Waals surface area contributed by atoms with Crippen LogP contribution in [0.2, 0.25) is 0 Å². The Morgan fingerprint density at radius 2 is 1.85 bits per heavy atom. The Bertz CT molecular complexity index is 867. The number of carbonyl (C=O) groups excluding carboxylic acids is 2. The molecule has 27 heavy (non-hydrogen) atoms. The molecule has 0 bridgehead atoms. The summed E-state index contributed by atoms with van der Waals surface area (Å²) in [6.07, 6.45) is -1.15. The number of hydrogen-bond acceptors (Lipinski definition) is 7. The molecule has 142 valence electrons. The highest BCUT2D eigenvalue weighted by Crippen LogP contribution is 2.29. The molecule has 0 spiro atoms. The summed E-state index contributed by atoms with van der Waals surface area (Å²) in [5.74, 6) is -0.657. The lowest BCUT2D eigenvalue weighted by Gasteiger charge is -2.15. The fourth-order valence-corrected chi connectivity index (χ4v) is 2.17. The molecule has 9 heteroatoms. The minimum absolute atomic E-state index is 0.0981. The van der Waals surface area contributed by atoms with Crippen LogP contribution in [0.5, 0.6) is 11.5 Å². The zero-order chi connectivity index (χ0) is 20.0. The molecule has 0 heterocycles. The van der Waals surface area contributed by atoms with Crippen molar-refractivity contribution in [2.75, 3.05) is 19.5 Å². The van der Waals surface area contributed by atoms with Crippen molar-refractivity contribution in [2.24, 2.45) is 0 Å². The van der Waals surface area contributed by atoms with Gasteiger partial charge in [-0.3, -0.25) is 14.9 Å². The number of carbonyl (C=O) groups is 2. The van der Waals surface area contributed by atoms with E-state index in [1.54, 1.807) is 12.1 Å². The number of nitrogens with zero attached hydrogens (tertiary/aromatic N) is 1. The minimum atomic E-state index is -1.15. The number of ether oxygens (including phenoxy) is 3. The molecule has 0 aliphatic rings. The summed E-state index contributed by atoms with van der Waals surface area (Å²) in [6, 6.07) is 10.1. The molecule has 1 unspecified atom stereocenters. The van der Waals surface area contributed by atoms with E-state index in [0.29, 0.717) is 5.75 Å². The number of non-ortho nitro benzene ring substituents is 1. The molecule has 0 aliphatic heterocycles. The van der Waals surface area contributed by atoms with Crippen LogP contribution in [-0.4, -0.2) is 37.1 Å². The number of hydrogen-bond donors (Lipinski definition) is 1. The van der Waals surface area contributed by atoms with Crippen molar-refractivity contribution >= 4 is 23.3 Å². The summed E-state index contributed by atoms with van der Waals surface area (Å²) in [7, 11) is 2.83. The Kier molecular flexibility index (Phi) is 6.32. The molecule has 0 fully saturated rings. The maximum absolute atomic E-state index is 12.3. The highest BCUT2D eigenvalue weighted by atomic mass is 16.6. The fraction of sp³-hybridized carbons (Fsp3) is 0.222. The van der Waals surface area contributed by atoms with Gasteiger partial charge in [-0.2, -0.15) is 0 Å². The van der Waals surface area contributed by atoms with Crippen LogP contribution in [0.3, 0.4) is 0 Å². The maximum Gasteiger partial charge on any atom is 0.339 e. The molecule has 2 rings (SSSR count). The van der Waals surface area contributed by atoms with Crippen LogP contribution in [-0.2, 0) is 9.53 Å². The summed E-state index contributed by atoms with van der Waals surface area (Å²) >= 11 is 0. The summed E-state index contributed by atoms with van der Waals surface area (Å²) in [5, 5.41) is 13.4. The number of nitrogens with one attached hydrogen (secondary N) is 1. The van der Waals surface area contributed by atoms with Gasteiger partial charge in [-0.1, -0.05) is 6.07 Å². The Morgan fingerprint density at radius 1 is 1.11 bits per heavy atom. The first-order valence-electron chi connectivity index (χ1n) is 7.84. The second-order valence-electron chi connectivity index (χ2n) is 5.41. The van der Waals surface area contributed by atoms with Crippen molar-refractivity contribution in [1.29, 1.82) is 0 Å². The summed E-state index contributed by atoms with van der Waals surface area (Å²) in [4.78, 5) is 34.8. The number of amides is 1. The van der Waals surface area contributed by atoms with Crippen molar-refractivity contribution < 1.29 is 28.7 Å². The lowest BCUT2D eigenvalue weighted by atomic mass is 10.2. The van der Waals surface area contributed by atoms with Crippen molar-refractivity contribution in [3.05, 3.63) is 58.1 Å². The average Bonchev–Trinajstić information content (AvgIpc) is 2.67. The van der Waals surface area contributed by atoms with Crippen LogP contribution >= 0.6 is 0 Å². The Labute approximate surface area is 155 Å². The van der Waals surface area contributed by atoms with Crippen LogP contribution in [0.4, 0.5) is 11.4 Å². The molecule has 2 aromatic rings. The van der Waals surface area contributed by atoms with E-state index in [0.717, 1.165) is 6.07 Å². The monoisotopic (exact) mass is 374 g/mol. The molecule has 0 saturated carbocycles. The van der Waals surface area contributed by atoms with Gasteiger partial charge in [0.1, 0.15) is 11.5 Å². The first-order valence-corrected chi connectivity index (χ1v) is 7.84. The predicted octanol–water partition coefficient (Wildman–Crippen LogP) is 2.80. The highest BCUT2D eigenvalue weighted by molar-refractivity contribution is 5.98. The molecule has 0 radical (unpaired) electrons. The first kappa shape index (κ1) is 19.7. The quantitative estimate of drug-likeness (QED) is 0.450. The lowest BCUT2D eigenvalue weighted by molar-refractivity contribution is -0.384. The third-order valence-electron chi connectivity index (χ3n) is 3.61. The van der Waals surface area contributed by atoms with Gasteiger partial charge >= 0.3 is 5.97 Å². The Balaban J connectivity index is 2.10. The average molecular weight is 374 g/mol. The van der Waals surface area contributed by atoms with Crippen LogP contribution in [0.15, 0.2) is 42.5 Å². The second kappa shape index (κ2) is 8.65. The van der Waals surface area contributed by atoms with E-state index in [-0.39, 0.29) is 22.7 Å². The molecule has 1 N–H and O–H groups in total. The third kappa shape index (κ3) is 4.94. The zero-order valence-electron chi connectivity index (χ0n) is 14.9. The van der Waals surface area contributed by atoms with E-state index < -0.39 is 22.9 Å².